The SMILES string of the molecule is COc1ccccc1OCc1ccccc1/C(N)=N/O. The van der Waals surface area contributed by atoms with E-state index in [1.807, 2.05) is 42.5 Å². The van der Waals surface area contributed by atoms with Gasteiger partial charge in [0.1, 0.15) is 6.61 Å². The monoisotopic (exact) mass is 272 g/mol. The summed E-state index contributed by atoms with van der Waals surface area (Å²) in [5.74, 6) is 1.36. The Morgan fingerprint density at radius 1 is 1.10 bits per heavy atom. The second kappa shape index (κ2) is 6.47. The van der Waals surface area contributed by atoms with Crippen molar-refractivity contribution in [2.45, 2.75) is 6.61 Å². The van der Waals surface area contributed by atoms with Crippen molar-refractivity contribution in [2.24, 2.45) is 10.9 Å². The maximum atomic E-state index is 8.78. The van der Waals surface area contributed by atoms with Crippen molar-refractivity contribution in [3.8, 4) is 11.5 Å². The third-order valence-electron chi connectivity index (χ3n) is 2.85. The highest BCUT2D eigenvalue weighted by Crippen LogP contribution is 2.26. The number of oxime groups is 1. The first-order valence-electron chi connectivity index (χ1n) is 6.08. The average molecular weight is 272 g/mol. The topological polar surface area (TPSA) is 77.1 Å². The minimum atomic E-state index is 0.0595. The maximum absolute atomic E-state index is 8.78. The summed E-state index contributed by atoms with van der Waals surface area (Å²) < 4.78 is 11.0. The van der Waals surface area contributed by atoms with E-state index in [4.69, 9.17) is 20.4 Å². The first-order chi connectivity index (χ1) is 9.76. The van der Waals surface area contributed by atoms with Crippen molar-refractivity contribution in [1.29, 1.82) is 0 Å². The summed E-state index contributed by atoms with van der Waals surface area (Å²) in [6, 6.07) is 14.7. The van der Waals surface area contributed by atoms with E-state index < -0.39 is 0 Å². The predicted molar refractivity (Wildman–Crippen MR) is 76.3 cm³/mol. The van der Waals surface area contributed by atoms with Crippen molar-refractivity contribution in [3.05, 3.63) is 59.7 Å². The molecule has 0 radical (unpaired) electrons. The van der Waals surface area contributed by atoms with Gasteiger partial charge in [0.25, 0.3) is 0 Å². The van der Waals surface area contributed by atoms with Gasteiger partial charge in [-0.15, -0.1) is 0 Å². The summed E-state index contributed by atoms with van der Waals surface area (Å²) in [5.41, 5.74) is 7.11. The lowest BCUT2D eigenvalue weighted by Gasteiger charge is -2.12. The fourth-order valence-corrected chi connectivity index (χ4v) is 1.84. The maximum Gasteiger partial charge on any atom is 0.170 e. The third-order valence-corrected chi connectivity index (χ3v) is 2.85. The lowest BCUT2D eigenvalue weighted by molar-refractivity contribution is 0.284. The molecule has 0 aliphatic rings. The number of nitrogens with zero attached hydrogens (tertiary/aromatic N) is 1. The van der Waals surface area contributed by atoms with Gasteiger partial charge >= 0.3 is 0 Å². The van der Waals surface area contributed by atoms with Crippen LogP contribution in [0.5, 0.6) is 11.5 Å². The zero-order valence-electron chi connectivity index (χ0n) is 11.1. The van der Waals surface area contributed by atoms with Crippen molar-refractivity contribution in [1.82, 2.24) is 0 Å². The molecule has 2 aromatic carbocycles. The van der Waals surface area contributed by atoms with Crippen molar-refractivity contribution in [2.75, 3.05) is 7.11 Å². The van der Waals surface area contributed by atoms with Crippen LogP contribution in [0.2, 0.25) is 0 Å². The minimum Gasteiger partial charge on any atom is -0.493 e. The number of benzene rings is 2. The molecule has 0 amide bonds. The molecular formula is C15H16N2O3. The smallest absolute Gasteiger partial charge is 0.170 e. The van der Waals surface area contributed by atoms with E-state index in [2.05, 4.69) is 5.16 Å². The second-order valence-electron chi connectivity index (χ2n) is 4.08. The molecule has 2 rings (SSSR count). The van der Waals surface area contributed by atoms with Gasteiger partial charge in [-0.25, -0.2) is 0 Å². The van der Waals surface area contributed by atoms with E-state index in [-0.39, 0.29) is 5.84 Å². The number of rotatable bonds is 5. The van der Waals surface area contributed by atoms with Gasteiger partial charge in [0.15, 0.2) is 17.3 Å². The molecule has 0 aromatic heterocycles. The van der Waals surface area contributed by atoms with E-state index in [9.17, 15) is 0 Å². The van der Waals surface area contributed by atoms with Crippen LogP contribution in [0.25, 0.3) is 0 Å². The fraction of sp³-hybridized carbons (Fsp3) is 0.133. The number of hydrogen-bond acceptors (Lipinski definition) is 4. The molecule has 5 heteroatoms. The average Bonchev–Trinajstić information content (AvgIpc) is 2.52. The number of hydrogen-bond donors (Lipinski definition) is 2. The standard InChI is InChI=1S/C15H16N2O3/c1-19-13-8-4-5-9-14(13)20-10-11-6-2-3-7-12(11)15(16)17-18/h2-9,18H,10H2,1H3,(H2,16,17). The lowest BCUT2D eigenvalue weighted by atomic mass is 10.1. The molecule has 0 aliphatic heterocycles. The van der Waals surface area contributed by atoms with Crippen LogP contribution in [0.4, 0.5) is 0 Å². The van der Waals surface area contributed by atoms with Gasteiger partial charge < -0.3 is 20.4 Å². The van der Waals surface area contributed by atoms with Crippen molar-refractivity contribution >= 4 is 5.84 Å². The zero-order chi connectivity index (χ0) is 14.4. The molecule has 0 aliphatic carbocycles. The fourth-order valence-electron chi connectivity index (χ4n) is 1.84. The highest BCUT2D eigenvalue weighted by atomic mass is 16.5. The van der Waals surface area contributed by atoms with E-state index in [1.54, 1.807) is 13.2 Å². The number of amidine groups is 1. The minimum absolute atomic E-state index is 0.0595. The number of nitrogens with two attached hydrogens (primary N) is 1. The van der Waals surface area contributed by atoms with Crippen LogP contribution in [0.1, 0.15) is 11.1 Å². The Morgan fingerprint density at radius 2 is 1.75 bits per heavy atom. The van der Waals surface area contributed by atoms with Gasteiger partial charge in [0, 0.05) is 11.1 Å². The Balaban J connectivity index is 2.19. The van der Waals surface area contributed by atoms with Gasteiger partial charge in [-0.2, -0.15) is 0 Å². The van der Waals surface area contributed by atoms with Crippen LogP contribution in [0.3, 0.4) is 0 Å². The summed E-state index contributed by atoms with van der Waals surface area (Å²) in [6.07, 6.45) is 0. The summed E-state index contributed by atoms with van der Waals surface area (Å²) in [4.78, 5) is 0. The van der Waals surface area contributed by atoms with Crippen molar-refractivity contribution in [3.63, 3.8) is 0 Å². The molecule has 5 nitrogen and oxygen atoms in total. The van der Waals surface area contributed by atoms with Gasteiger partial charge in [-0.1, -0.05) is 41.6 Å². The Bertz CT molecular complexity index is 612. The van der Waals surface area contributed by atoms with E-state index in [0.29, 0.717) is 23.7 Å². The molecule has 0 bridgehead atoms. The van der Waals surface area contributed by atoms with Crippen molar-refractivity contribution < 1.29 is 14.7 Å². The summed E-state index contributed by atoms with van der Waals surface area (Å²) >= 11 is 0. The molecule has 0 saturated heterocycles. The Hall–Kier alpha value is -2.69. The van der Waals surface area contributed by atoms with E-state index >= 15 is 0 Å². The Kier molecular flexibility index (Phi) is 4.44. The first-order valence-corrected chi connectivity index (χ1v) is 6.08. The normalized spacial score (nSPS) is 11.2. The zero-order valence-corrected chi connectivity index (χ0v) is 11.1. The number of methoxy groups -OCH3 is 1. The second-order valence-corrected chi connectivity index (χ2v) is 4.08. The Morgan fingerprint density at radius 3 is 2.45 bits per heavy atom. The van der Waals surface area contributed by atoms with Crippen LogP contribution < -0.4 is 15.2 Å². The molecule has 2 aromatic rings. The summed E-state index contributed by atoms with van der Waals surface area (Å²) in [6.45, 7) is 0.298. The van der Waals surface area contributed by atoms with Gasteiger partial charge in [-0.05, 0) is 12.1 Å². The summed E-state index contributed by atoms with van der Waals surface area (Å²) in [7, 11) is 1.59. The molecule has 0 heterocycles. The molecule has 0 spiro atoms. The molecule has 0 fully saturated rings. The van der Waals surface area contributed by atoms with E-state index in [0.717, 1.165) is 5.56 Å². The van der Waals surface area contributed by atoms with Crippen LogP contribution in [0.15, 0.2) is 53.7 Å². The van der Waals surface area contributed by atoms with E-state index in [1.165, 1.54) is 0 Å². The Labute approximate surface area is 117 Å². The van der Waals surface area contributed by atoms with Crippen LogP contribution in [-0.4, -0.2) is 18.2 Å². The van der Waals surface area contributed by atoms with Gasteiger partial charge in [0.05, 0.1) is 7.11 Å². The first kappa shape index (κ1) is 13.7. The van der Waals surface area contributed by atoms with Crippen LogP contribution in [-0.2, 0) is 6.61 Å². The highest BCUT2D eigenvalue weighted by Gasteiger charge is 2.08. The molecule has 104 valence electrons. The summed E-state index contributed by atoms with van der Waals surface area (Å²) in [5, 5.41) is 11.8. The lowest BCUT2D eigenvalue weighted by Crippen LogP contribution is -2.16. The number of ether oxygens (including phenoxy) is 2. The molecule has 0 saturated carbocycles. The van der Waals surface area contributed by atoms with Gasteiger partial charge in [0.2, 0.25) is 0 Å². The predicted octanol–water partition coefficient (Wildman–Crippen LogP) is 2.37. The van der Waals surface area contributed by atoms with Gasteiger partial charge in [-0.3, -0.25) is 0 Å². The highest BCUT2D eigenvalue weighted by molar-refractivity contribution is 5.98. The van der Waals surface area contributed by atoms with Crippen LogP contribution in [0, 0.1) is 0 Å². The molecule has 0 unspecified atom stereocenters. The van der Waals surface area contributed by atoms with Crippen LogP contribution >= 0.6 is 0 Å². The molecular weight excluding hydrogens is 256 g/mol. The molecule has 20 heavy (non-hydrogen) atoms. The third kappa shape index (κ3) is 3.00. The molecule has 3 N–H and O–H groups in total. The molecule has 0 atom stereocenters. The largest absolute Gasteiger partial charge is 0.493 e. The number of para-hydroxylation sites is 2. The quantitative estimate of drug-likeness (QED) is 0.379.